The topological polar surface area (TPSA) is 84.4 Å². The van der Waals surface area contributed by atoms with Crippen molar-refractivity contribution in [2.24, 2.45) is 0 Å². The molecular weight excluding hydrogens is 359 g/mol. The van der Waals surface area contributed by atoms with Crippen molar-refractivity contribution in [1.82, 2.24) is 15.1 Å². The first kappa shape index (κ1) is 18.4. The first-order valence-electron chi connectivity index (χ1n) is 8.24. The van der Waals surface area contributed by atoms with Gasteiger partial charge in [-0.15, -0.1) is 10.2 Å². The van der Waals surface area contributed by atoms with E-state index in [-0.39, 0.29) is 29.1 Å². The van der Waals surface area contributed by atoms with Crippen LogP contribution in [0.2, 0.25) is 0 Å². The molecule has 2 heterocycles. The first-order valence-corrected chi connectivity index (χ1v) is 9.06. The van der Waals surface area contributed by atoms with Crippen LogP contribution in [-0.4, -0.2) is 53.7 Å². The number of likely N-dealkylation sites (tertiary alicyclic amines) is 1. The first-order chi connectivity index (χ1) is 12.6. The molecule has 0 aliphatic carbocycles. The van der Waals surface area contributed by atoms with Gasteiger partial charge in [-0.1, -0.05) is 23.5 Å². The van der Waals surface area contributed by atoms with E-state index >= 15 is 0 Å². The molecule has 0 saturated carbocycles. The van der Waals surface area contributed by atoms with Gasteiger partial charge in [0, 0.05) is 26.1 Å². The molecule has 9 heteroatoms. The van der Waals surface area contributed by atoms with Crippen molar-refractivity contribution in [2.75, 3.05) is 32.1 Å². The average molecular weight is 378 g/mol. The number of benzene rings is 1. The number of anilines is 1. The summed E-state index contributed by atoms with van der Waals surface area (Å²) >= 11 is 1.21. The smallest absolute Gasteiger partial charge is 0.286 e. The zero-order valence-corrected chi connectivity index (χ0v) is 15.1. The highest BCUT2D eigenvalue weighted by Gasteiger charge is 2.27. The second kappa shape index (κ2) is 8.33. The van der Waals surface area contributed by atoms with E-state index in [1.807, 2.05) is 0 Å². The second-order valence-corrected chi connectivity index (χ2v) is 6.98. The number of hydrogen-bond donors (Lipinski definition) is 1. The summed E-state index contributed by atoms with van der Waals surface area (Å²) in [5.41, 5.74) is 0.110. The van der Waals surface area contributed by atoms with Crippen molar-refractivity contribution in [2.45, 2.75) is 18.8 Å². The van der Waals surface area contributed by atoms with Gasteiger partial charge in [0.2, 0.25) is 10.9 Å². The Morgan fingerprint density at radius 1 is 1.31 bits per heavy atom. The van der Waals surface area contributed by atoms with Gasteiger partial charge in [0.15, 0.2) is 0 Å². The quantitative estimate of drug-likeness (QED) is 0.863. The van der Waals surface area contributed by atoms with E-state index < -0.39 is 11.7 Å². The van der Waals surface area contributed by atoms with Gasteiger partial charge in [-0.3, -0.25) is 9.59 Å². The summed E-state index contributed by atoms with van der Waals surface area (Å²) in [5.74, 6) is -0.840. The number of para-hydroxylation sites is 1. The fraction of sp³-hybridized carbons (Fsp3) is 0.412. The lowest BCUT2D eigenvalue weighted by Gasteiger charge is -2.30. The van der Waals surface area contributed by atoms with Crippen LogP contribution in [0.5, 0.6) is 0 Å². The van der Waals surface area contributed by atoms with E-state index in [4.69, 9.17) is 4.74 Å². The Bertz CT molecular complexity index is 790. The Morgan fingerprint density at radius 2 is 2.04 bits per heavy atom. The maximum atomic E-state index is 13.6. The van der Waals surface area contributed by atoms with E-state index in [9.17, 15) is 14.0 Å². The molecule has 138 valence electrons. The normalized spacial score (nSPS) is 15.1. The largest absolute Gasteiger partial charge is 0.375 e. The summed E-state index contributed by atoms with van der Waals surface area (Å²) in [7, 11) is 1.50. The number of rotatable bonds is 5. The lowest BCUT2D eigenvalue weighted by atomic mass is 9.98. The van der Waals surface area contributed by atoms with E-state index in [2.05, 4.69) is 15.5 Å². The third-order valence-electron chi connectivity index (χ3n) is 4.22. The van der Waals surface area contributed by atoms with Gasteiger partial charge >= 0.3 is 0 Å². The van der Waals surface area contributed by atoms with Crippen LogP contribution in [0.3, 0.4) is 0 Å². The van der Waals surface area contributed by atoms with Crippen LogP contribution in [0, 0.1) is 5.82 Å². The third kappa shape index (κ3) is 4.23. The van der Waals surface area contributed by atoms with Gasteiger partial charge in [0.25, 0.3) is 5.91 Å². The standard InChI is InChI=1S/C17H19FN4O3S/c1-25-10-14(23)22-8-6-11(7-9-22)16-20-21-17(26-16)15(24)19-13-5-3-2-4-12(13)18/h2-5,11H,6-10H2,1H3,(H,19,24). The summed E-state index contributed by atoms with van der Waals surface area (Å²) in [6, 6.07) is 5.96. The molecule has 2 amide bonds. The molecule has 3 rings (SSSR count). The summed E-state index contributed by atoms with van der Waals surface area (Å²) in [5, 5.41) is 11.5. The average Bonchev–Trinajstić information content (AvgIpc) is 3.14. The fourth-order valence-electron chi connectivity index (χ4n) is 2.82. The highest BCUT2D eigenvalue weighted by molar-refractivity contribution is 7.13. The molecule has 1 fully saturated rings. The number of carbonyl (C=O) groups is 2. The van der Waals surface area contributed by atoms with E-state index in [1.54, 1.807) is 17.0 Å². The minimum Gasteiger partial charge on any atom is -0.375 e. The highest BCUT2D eigenvalue weighted by atomic mass is 32.1. The van der Waals surface area contributed by atoms with Crippen LogP contribution in [0.15, 0.2) is 24.3 Å². The predicted molar refractivity (Wildman–Crippen MR) is 94.7 cm³/mol. The van der Waals surface area contributed by atoms with Crippen molar-refractivity contribution in [3.05, 3.63) is 40.1 Å². The molecular formula is C17H19FN4O3S. The van der Waals surface area contributed by atoms with Crippen LogP contribution in [0.25, 0.3) is 0 Å². The van der Waals surface area contributed by atoms with Crippen LogP contribution in [-0.2, 0) is 9.53 Å². The number of carbonyl (C=O) groups excluding carboxylic acids is 2. The molecule has 1 aromatic heterocycles. The SMILES string of the molecule is COCC(=O)N1CCC(c2nnc(C(=O)Nc3ccccc3F)s2)CC1. The molecule has 1 aliphatic heterocycles. The van der Waals surface area contributed by atoms with Gasteiger partial charge in [0.1, 0.15) is 17.4 Å². The van der Waals surface area contributed by atoms with Crippen LogP contribution >= 0.6 is 11.3 Å². The van der Waals surface area contributed by atoms with Crippen molar-refractivity contribution in [1.29, 1.82) is 0 Å². The zero-order chi connectivity index (χ0) is 18.5. The van der Waals surface area contributed by atoms with Gasteiger partial charge in [-0.25, -0.2) is 4.39 Å². The molecule has 0 radical (unpaired) electrons. The molecule has 0 atom stereocenters. The molecule has 2 aromatic rings. The van der Waals surface area contributed by atoms with Crippen molar-refractivity contribution >= 4 is 28.8 Å². The van der Waals surface area contributed by atoms with Crippen molar-refractivity contribution < 1.29 is 18.7 Å². The number of amides is 2. The monoisotopic (exact) mass is 378 g/mol. The number of methoxy groups -OCH3 is 1. The van der Waals surface area contributed by atoms with Crippen molar-refractivity contribution in [3.8, 4) is 0 Å². The molecule has 0 unspecified atom stereocenters. The van der Waals surface area contributed by atoms with Crippen LogP contribution in [0.4, 0.5) is 10.1 Å². The van der Waals surface area contributed by atoms with E-state index in [0.717, 1.165) is 17.8 Å². The second-order valence-electron chi connectivity index (χ2n) is 5.97. The summed E-state index contributed by atoms with van der Waals surface area (Å²) in [4.78, 5) is 25.8. The number of ether oxygens (including phenoxy) is 1. The maximum Gasteiger partial charge on any atom is 0.286 e. The number of piperidine rings is 1. The molecule has 1 saturated heterocycles. The molecule has 7 nitrogen and oxygen atoms in total. The van der Waals surface area contributed by atoms with E-state index in [0.29, 0.717) is 13.1 Å². The summed E-state index contributed by atoms with van der Waals surface area (Å²) < 4.78 is 18.5. The Kier molecular flexibility index (Phi) is 5.89. The maximum absolute atomic E-state index is 13.6. The minimum absolute atomic E-state index is 0.0202. The van der Waals surface area contributed by atoms with Gasteiger partial charge in [0.05, 0.1) is 5.69 Å². The fourth-order valence-corrected chi connectivity index (χ4v) is 3.73. The van der Waals surface area contributed by atoms with Gasteiger partial charge in [-0.05, 0) is 25.0 Å². The van der Waals surface area contributed by atoms with Gasteiger partial charge < -0.3 is 15.0 Å². The van der Waals surface area contributed by atoms with Crippen LogP contribution < -0.4 is 5.32 Å². The minimum atomic E-state index is -0.501. The lowest BCUT2D eigenvalue weighted by molar-refractivity contribution is -0.136. The number of halogens is 1. The number of aromatic nitrogens is 2. The predicted octanol–water partition coefficient (Wildman–Crippen LogP) is 2.28. The summed E-state index contributed by atoms with van der Waals surface area (Å²) in [6.07, 6.45) is 1.53. The molecule has 0 bridgehead atoms. The molecule has 26 heavy (non-hydrogen) atoms. The third-order valence-corrected chi connectivity index (χ3v) is 5.31. The van der Waals surface area contributed by atoms with Crippen LogP contribution in [0.1, 0.15) is 33.6 Å². The number of hydrogen-bond acceptors (Lipinski definition) is 6. The Hall–Kier alpha value is -2.39. The molecule has 1 aromatic carbocycles. The Morgan fingerprint density at radius 3 is 2.73 bits per heavy atom. The van der Waals surface area contributed by atoms with Crippen molar-refractivity contribution in [3.63, 3.8) is 0 Å². The molecule has 1 N–H and O–H groups in total. The lowest BCUT2D eigenvalue weighted by Crippen LogP contribution is -2.39. The number of nitrogens with one attached hydrogen (secondary N) is 1. The number of nitrogens with zero attached hydrogens (tertiary/aromatic N) is 3. The van der Waals surface area contributed by atoms with Gasteiger partial charge in [-0.2, -0.15) is 0 Å². The van der Waals surface area contributed by atoms with E-state index in [1.165, 1.54) is 30.6 Å². The Labute approximate surface area is 154 Å². The Balaban J connectivity index is 1.59. The zero-order valence-electron chi connectivity index (χ0n) is 14.3. The summed E-state index contributed by atoms with van der Waals surface area (Å²) in [6.45, 7) is 1.34. The highest BCUT2D eigenvalue weighted by Crippen LogP contribution is 2.30. The molecule has 1 aliphatic rings. The molecule has 0 spiro atoms.